The van der Waals surface area contributed by atoms with Gasteiger partial charge in [0.25, 0.3) is 0 Å². The molecule has 0 fully saturated rings. The van der Waals surface area contributed by atoms with Crippen LogP contribution in [0.2, 0.25) is 0 Å². The number of rotatable bonds is 5. The first kappa shape index (κ1) is 17.4. The minimum Gasteiger partial charge on any atom is -0.338 e. The lowest BCUT2D eigenvalue weighted by Crippen LogP contribution is -1.90. The Morgan fingerprint density at radius 3 is 2.07 bits per heavy atom. The summed E-state index contributed by atoms with van der Waals surface area (Å²) in [5.74, 6) is 1.73. The zero-order valence-corrected chi connectivity index (χ0v) is 15.9. The van der Waals surface area contributed by atoms with Gasteiger partial charge in [0.05, 0.1) is 11.4 Å². The zero-order chi connectivity index (χ0) is 18.6. The van der Waals surface area contributed by atoms with Crippen LogP contribution in [0.3, 0.4) is 0 Å². The van der Waals surface area contributed by atoms with Crippen LogP contribution in [0.5, 0.6) is 0 Å². The van der Waals surface area contributed by atoms with E-state index in [9.17, 15) is 0 Å². The van der Waals surface area contributed by atoms with Gasteiger partial charge in [0.15, 0.2) is 0 Å². The average Bonchev–Trinajstić information content (AvgIpc) is 3.17. The van der Waals surface area contributed by atoms with Gasteiger partial charge in [0, 0.05) is 11.1 Å². The lowest BCUT2D eigenvalue weighted by Gasteiger charge is -2.02. The van der Waals surface area contributed by atoms with Crippen molar-refractivity contribution in [1.29, 1.82) is 0 Å². The fourth-order valence-electron chi connectivity index (χ4n) is 2.54. The van der Waals surface area contributed by atoms with Crippen molar-refractivity contribution in [3.8, 4) is 22.6 Å². The van der Waals surface area contributed by atoms with Crippen molar-refractivity contribution < 1.29 is 4.52 Å². The first-order valence-electron chi connectivity index (χ1n) is 8.60. The summed E-state index contributed by atoms with van der Waals surface area (Å²) in [4.78, 5) is 4.45. The molecular formula is C21H18N4OS. The third-order valence-electron chi connectivity index (χ3n) is 4.11. The Hall–Kier alpha value is -2.99. The van der Waals surface area contributed by atoms with Crippen molar-refractivity contribution >= 4 is 11.8 Å². The summed E-state index contributed by atoms with van der Waals surface area (Å²) < 4.78 is 5.35. The summed E-state index contributed by atoms with van der Waals surface area (Å²) in [5.41, 5.74) is 5.29. The van der Waals surface area contributed by atoms with E-state index in [0.29, 0.717) is 17.5 Å². The quantitative estimate of drug-likeness (QED) is 0.453. The van der Waals surface area contributed by atoms with Crippen LogP contribution >= 0.6 is 11.8 Å². The minimum absolute atomic E-state index is 0.553. The monoisotopic (exact) mass is 374 g/mol. The van der Waals surface area contributed by atoms with Gasteiger partial charge >= 0.3 is 0 Å². The van der Waals surface area contributed by atoms with Crippen LogP contribution in [-0.2, 0) is 5.75 Å². The Morgan fingerprint density at radius 1 is 0.778 bits per heavy atom. The van der Waals surface area contributed by atoms with E-state index in [4.69, 9.17) is 4.52 Å². The third kappa shape index (κ3) is 4.23. The largest absolute Gasteiger partial charge is 0.338 e. The molecule has 0 spiro atoms. The number of nitrogens with zero attached hydrogens (tertiary/aromatic N) is 4. The number of aromatic nitrogens is 4. The van der Waals surface area contributed by atoms with E-state index in [2.05, 4.69) is 51.5 Å². The topological polar surface area (TPSA) is 64.7 Å². The molecule has 0 saturated carbocycles. The van der Waals surface area contributed by atoms with Crippen molar-refractivity contribution in [2.75, 3.05) is 0 Å². The van der Waals surface area contributed by atoms with Crippen LogP contribution in [0, 0.1) is 13.8 Å². The second kappa shape index (κ2) is 7.72. The number of aryl methyl sites for hydroxylation is 2. The van der Waals surface area contributed by atoms with Crippen molar-refractivity contribution in [2.45, 2.75) is 24.6 Å². The number of hydrogen-bond acceptors (Lipinski definition) is 6. The van der Waals surface area contributed by atoms with Gasteiger partial charge in [-0.05, 0) is 26.0 Å². The molecule has 0 aliphatic carbocycles. The summed E-state index contributed by atoms with van der Waals surface area (Å²) in [7, 11) is 0. The van der Waals surface area contributed by atoms with E-state index >= 15 is 0 Å². The number of thioether (sulfide) groups is 1. The van der Waals surface area contributed by atoms with E-state index in [0.717, 1.165) is 21.8 Å². The molecule has 0 bridgehead atoms. The zero-order valence-electron chi connectivity index (χ0n) is 15.1. The highest BCUT2D eigenvalue weighted by Gasteiger charge is 2.10. The molecule has 2 aromatic carbocycles. The smallest absolute Gasteiger partial charge is 0.237 e. The molecule has 0 saturated heterocycles. The molecule has 0 N–H and O–H groups in total. The molecule has 0 unspecified atom stereocenters. The van der Waals surface area contributed by atoms with Crippen LogP contribution in [0.1, 0.15) is 17.0 Å². The maximum Gasteiger partial charge on any atom is 0.237 e. The molecule has 2 heterocycles. The van der Waals surface area contributed by atoms with Gasteiger partial charge in [-0.2, -0.15) is 4.98 Å². The fourth-order valence-corrected chi connectivity index (χ4v) is 3.20. The average molecular weight is 374 g/mol. The first-order valence-corrected chi connectivity index (χ1v) is 9.59. The predicted octanol–water partition coefficient (Wildman–Crippen LogP) is 5.10. The second-order valence-electron chi connectivity index (χ2n) is 6.29. The summed E-state index contributed by atoms with van der Waals surface area (Å²) >= 11 is 1.52. The number of benzene rings is 2. The van der Waals surface area contributed by atoms with E-state index in [1.807, 2.05) is 43.3 Å². The highest BCUT2D eigenvalue weighted by Crippen LogP contribution is 2.24. The molecule has 4 aromatic rings. The minimum atomic E-state index is 0.553. The molecule has 0 aliphatic heterocycles. The summed E-state index contributed by atoms with van der Waals surface area (Å²) in [6.07, 6.45) is 0. The van der Waals surface area contributed by atoms with Crippen molar-refractivity contribution in [1.82, 2.24) is 20.3 Å². The Bertz CT molecular complexity index is 1030. The fraction of sp³-hybridized carbons (Fsp3) is 0.143. The van der Waals surface area contributed by atoms with E-state index in [1.54, 1.807) is 0 Å². The Kier molecular flexibility index (Phi) is 4.98. The predicted molar refractivity (Wildman–Crippen MR) is 106 cm³/mol. The standard InChI is InChI=1S/C21H18N4OS/c1-14-3-7-16(8-4-14)18-11-12-20(24-23-18)27-13-19-22-21(25-26-19)17-9-5-15(2)6-10-17/h3-12H,13H2,1-2H3. The van der Waals surface area contributed by atoms with Gasteiger partial charge in [-0.3, -0.25) is 0 Å². The maximum absolute atomic E-state index is 5.35. The number of hydrogen-bond donors (Lipinski definition) is 0. The van der Waals surface area contributed by atoms with Gasteiger partial charge in [-0.1, -0.05) is 76.6 Å². The molecule has 0 atom stereocenters. The van der Waals surface area contributed by atoms with E-state index in [1.165, 1.54) is 22.9 Å². The summed E-state index contributed by atoms with van der Waals surface area (Å²) in [6, 6.07) is 20.2. The van der Waals surface area contributed by atoms with Gasteiger partial charge in [-0.15, -0.1) is 10.2 Å². The van der Waals surface area contributed by atoms with Crippen molar-refractivity contribution in [3.05, 3.63) is 77.7 Å². The normalized spacial score (nSPS) is 10.9. The van der Waals surface area contributed by atoms with Crippen LogP contribution < -0.4 is 0 Å². The van der Waals surface area contributed by atoms with Gasteiger partial charge in [-0.25, -0.2) is 0 Å². The summed E-state index contributed by atoms with van der Waals surface area (Å²) in [6.45, 7) is 4.12. The highest BCUT2D eigenvalue weighted by molar-refractivity contribution is 7.98. The highest BCUT2D eigenvalue weighted by atomic mass is 32.2. The molecule has 6 heteroatoms. The van der Waals surface area contributed by atoms with Crippen molar-refractivity contribution in [2.24, 2.45) is 0 Å². The second-order valence-corrected chi connectivity index (χ2v) is 7.28. The molecule has 0 radical (unpaired) electrons. The van der Waals surface area contributed by atoms with Crippen LogP contribution in [-0.4, -0.2) is 20.3 Å². The van der Waals surface area contributed by atoms with E-state index in [-0.39, 0.29) is 0 Å². The van der Waals surface area contributed by atoms with Crippen LogP contribution in [0.25, 0.3) is 22.6 Å². The van der Waals surface area contributed by atoms with Gasteiger partial charge in [0.1, 0.15) is 5.03 Å². The molecule has 0 amide bonds. The van der Waals surface area contributed by atoms with Gasteiger partial charge in [0.2, 0.25) is 11.7 Å². The van der Waals surface area contributed by atoms with Crippen LogP contribution in [0.15, 0.2) is 70.2 Å². The summed E-state index contributed by atoms with van der Waals surface area (Å²) in [5, 5.41) is 13.5. The lowest BCUT2D eigenvalue weighted by molar-refractivity contribution is 0.391. The molecule has 4 rings (SSSR count). The third-order valence-corrected chi connectivity index (χ3v) is 5.01. The molecule has 0 aliphatic rings. The Labute approximate surface area is 161 Å². The maximum atomic E-state index is 5.35. The first-order chi connectivity index (χ1) is 13.2. The molecule has 2 aromatic heterocycles. The Morgan fingerprint density at radius 2 is 1.44 bits per heavy atom. The lowest BCUT2D eigenvalue weighted by atomic mass is 10.1. The molecule has 5 nitrogen and oxygen atoms in total. The SMILES string of the molecule is Cc1ccc(-c2ccc(SCc3nc(-c4ccc(C)cc4)no3)nn2)cc1. The van der Waals surface area contributed by atoms with Crippen molar-refractivity contribution in [3.63, 3.8) is 0 Å². The Balaban J connectivity index is 1.40. The van der Waals surface area contributed by atoms with Crippen LogP contribution in [0.4, 0.5) is 0 Å². The molecule has 27 heavy (non-hydrogen) atoms. The molecule has 134 valence electrons. The molecular weight excluding hydrogens is 356 g/mol. The van der Waals surface area contributed by atoms with E-state index < -0.39 is 0 Å². The van der Waals surface area contributed by atoms with Gasteiger partial charge < -0.3 is 4.52 Å².